The van der Waals surface area contributed by atoms with Gasteiger partial charge in [0.15, 0.2) is 24.6 Å². The maximum atomic E-state index is 12.0. The van der Waals surface area contributed by atoms with E-state index in [0.29, 0.717) is 23.6 Å². The minimum Gasteiger partial charge on any atom is -0.494 e. The molecule has 0 bridgehead atoms. The topological polar surface area (TPSA) is 107 Å². The summed E-state index contributed by atoms with van der Waals surface area (Å²) in [4.78, 5) is 35.8. The monoisotopic (exact) mass is 534 g/mol. The van der Waals surface area contributed by atoms with Gasteiger partial charge in [-0.1, -0.05) is 35.9 Å². The predicted molar refractivity (Wildman–Crippen MR) is 133 cm³/mol. The molecule has 37 heavy (non-hydrogen) atoms. The molecule has 10 heteroatoms. The van der Waals surface area contributed by atoms with Crippen LogP contribution in [0.15, 0.2) is 42.5 Å². The van der Waals surface area contributed by atoms with E-state index in [0.717, 1.165) is 16.9 Å². The van der Waals surface area contributed by atoms with E-state index in [1.165, 1.54) is 27.9 Å². The molecule has 0 amide bonds. The van der Waals surface area contributed by atoms with Gasteiger partial charge in [0, 0.05) is 32.9 Å². The van der Waals surface area contributed by atoms with Crippen LogP contribution < -0.4 is 4.74 Å². The summed E-state index contributed by atoms with van der Waals surface area (Å²) < 4.78 is 33.5. The number of carbonyl (C=O) groups excluding carboxylic acids is 3. The number of carbonyl (C=O) groups is 3. The zero-order valence-electron chi connectivity index (χ0n) is 21.4. The molecular formula is C27H31ClO9. The summed E-state index contributed by atoms with van der Waals surface area (Å²) in [7, 11) is 1.37. The van der Waals surface area contributed by atoms with Gasteiger partial charge < -0.3 is 28.4 Å². The number of hydrogen-bond acceptors (Lipinski definition) is 9. The molecule has 1 fully saturated rings. The van der Waals surface area contributed by atoms with Crippen LogP contribution in [0.3, 0.4) is 0 Å². The molecule has 1 saturated heterocycles. The Kier molecular flexibility index (Phi) is 9.91. The molecule has 0 unspecified atom stereocenters. The van der Waals surface area contributed by atoms with Crippen LogP contribution in [-0.4, -0.2) is 56.2 Å². The second-order valence-corrected chi connectivity index (χ2v) is 8.89. The molecule has 1 aliphatic rings. The molecule has 5 atom stereocenters. The molecule has 2 aromatic rings. The Labute approximate surface area is 220 Å². The van der Waals surface area contributed by atoms with Crippen molar-refractivity contribution in [3.8, 4) is 5.75 Å². The van der Waals surface area contributed by atoms with E-state index in [-0.39, 0.29) is 0 Å². The number of rotatable bonds is 9. The van der Waals surface area contributed by atoms with Crippen molar-refractivity contribution in [2.45, 2.75) is 64.8 Å². The third-order valence-corrected chi connectivity index (χ3v) is 6.03. The first kappa shape index (κ1) is 28.4. The molecule has 3 rings (SSSR count). The fourth-order valence-corrected chi connectivity index (χ4v) is 4.41. The summed E-state index contributed by atoms with van der Waals surface area (Å²) in [5.41, 5.74) is 2.41. The van der Waals surface area contributed by atoms with Crippen molar-refractivity contribution in [3.05, 3.63) is 64.2 Å². The van der Waals surface area contributed by atoms with Gasteiger partial charge in [0.2, 0.25) is 0 Å². The third kappa shape index (κ3) is 7.44. The lowest BCUT2D eigenvalue weighted by Crippen LogP contribution is -2.58. The summed E-state index contributed by atoms with van der Waals surface area (Å²) in [5.74, 6) is -1.15. The maximum Gasteiger partial charge on any atom is 0.303 e. The number of halogens is 1. The Morgan fingerprint density at radius 2 is 1.46 bits per heavy atom. The highest BCUT2D eigenvalue weighted by Crippen LogP contribution is 2.39. The van der Waals surface area contributed by atoms with Gasteiger partial charge >= 0.3 is 17.9 Å². The highest BCUT2D eigenvalue weighted by atomic mass is 35.5. The standard InChI is InChI=1S/C27H31ClO9/c1-6-33-21-10-7-18(8-11-21)13-20-14-19(9-12-22(20)28)23-24(34-15(2)29)25(35-16(3)30)26(36-17(4)31)27(32-5)37-23/h7-12,14,23-27H,6,13H2,1-5H3/t23-,24-,25+,26-,27-/m0/s1. The second kappa shape index (κ2) is 12.9. The molecular weight excluding hydrogens is 504 g/mol. The van der Waals surface area contributed by atoms with Crippen LogP contribution in [0.1, 0.15) is 50.5 Å². The molecule has 200 valence electrons. The van der Waals surface area contributed by atoms with Gasteiger partial charge in [0.05, 0.1) is 6.61 Å². The van der Waals surface area contributed by atoms with Crippen LogP contribution in [0.2, 0.25) is 5.02 Å². The molecule has 0 spiro atoms. The largest absolute Gasteiger partial charge is 0.494 e. The first-order chi connectivity index (χ1) is 17.6. The fourth-order valence-electron chi connectivity index (χ4n) is 4.23. The van der Waals surface area contributed by atoms with Crippen LogP contribution in [0.4, 0.5) is 0 Å². The predicted octanol–water partition coefficient (Wildman–Crippen LogP) is 4.17. The highest BCUT2D eigenvalue weighted by molar-refractivity contribution is 6.31. The number of hydrogen-bond donors (Lipinski definition) is 0. The smallest absolute Gasteiger partial charge is 0.303 e. The summed E-state index contributed by atoms with van der Waals surface area (Å²) in [6.45, 7) is 6.14. The maximum absolute atomic E-state index is 12.0. The molecule has 0 aliphatic carbocycles. The van der Waals surface area contributed by atoms with E-state index in [1.807, 2.05) is 37.3 Å². The van der Waals surface area contributed by atoms with Gasteiger partial charge in [-0.2, -0.15) is 0 Å². The van der Waals surface area contributed by atoms with Crippen molar-refractivity contribution in [2.75, 3.05) is 13.7 Å². The van der Waals surface area contributed by atoms with E-state index >= 15 is 0 Å². The van der Waals surface area contributed by atoms with Crippen molar-refractivity contribution >= 4 is 29.5 Å². The van der Waals surface area contributed by atoms with Crippen molar-refractivity contribution in [1.82, 2.24) is 0 Å². The summed E-state index contributed by atoms with van der Waals surface area (Å²) >= 11 is 6.52. The second-order valence-electron chi connectivity index (χ2n) is 8.49. The van der Waals surface area contributed by atoms with E-state index in [2.05, 4.69) is 0 Å². The SMILES string of the molecule is CCOc1ccc(Cc2cc([C@@H]3O[C@H](OC)[C@@H](OC(C)=O)[C@H](OC(C)=O)[C@H]3OC(C)=O)ccc2Cl)cc1. The van der Waals surface area contributed by atoms with Gasteiger partial charge in [0.25, 0.3) is 0 Å². The first-order valence-electron chi connectivity index (χ1n) is 11.8. The van der Waals surface area contributed by atoms with Gasteiger partial charge in [-0.15, -0.1) is 0 Å². The lowest BCUT2D eigenvalue weighted by Gasteiger charge is -2.44. The van der Waals surface area contributed by atoms with Gasteiger partial charge in [-0.3, -0.25) is 14.4 Å². The average molecular weight is 535 g/mol. The Balaban J connectivity index is 1.99. The van der Waals surface area contributed by atoms with Crippen LogP contribution in [0.5, 0.6) is 5.75 Å². The summed E-state index contributed by atoms with van der Waals surface area (Å²) in [6, 6.07) is 13.0. The first-order valence-corrected chi connectivity index (χ1v) is 12.2. The molecule has 1 heterocycles. The zero-order valence-corrected chi connectivity index (χ0v) is 22.2. The third-order valence-electron chi connectivity index (χ3n) is 5.66. The lowest BCUT2D eigenvalue weighted by molar-refractivity contribution is -0.300. The number of methoxy groups -OCH3 is 1. The minimum atomic E-state index is -1.18. The van der Waals surface area contributed by atoms with Crippen molar-refractivity contribution in [3.63, 3.8) is 0 Å². The molecule has 1 aliphatic heterocycles. The normalized spacial score (nSPS) is 23.1. The molecule has 0 aromatic heterocycles. The Morgan fingerprint density at radius 1 is 0.865 bits per heavy atom. The van der Waals surface area contributed by atoms with Crippen LogP contribution >= 0.6 is 11.6 Å². The van der Waals surface area contributed by atoms with E-state index < -0.39 is 48.6 Å². The quantitative estimate of drug-likeness (QED) is 0.346. The van der Waals surface area contributed by atoms with Crippen LogP contribution in [0, 0.1) is 0 Å². The summed E-state index contributed by atoms with van der Waals surface area (Å²) in [6.07, 6.45) is -4.98. The molecule has 2 aromatic carbocycles. The van der Waals surface area contributed by atoms with Crippen molar-refractivity contribution in [1.29, 1.82) is 0 Å². The zero-order chi connectivity index (χ0) is 27.1. The average Bonchev–Trinajstić information content (AvgIpc) is 2.83. The van der Waals surface area contributed by atoms with E-state index in [9.17, 15) is 14.4 Å². The van der Waals surface area contributed by atoms with Crippen molar-refractivity contribution in [2.24, 2.45) is 0 Å². The lowest BCUT2D eigenvalue weighted by atomic mass is 9.91. The van der Waals surface area contributed by atoms with Gasteiger partial charge in [-0.05, 0) is 48.2 Å². The van der Waals surface area contributed by atoms with Crippen LogP contribution in [-0.2, 0) is 44.5 Å². The Hall–Kier alpha value is -3.14. The summed E-state index contributed by atoms with van der Waals surface area (Å²) in [5, 5.41) is 0.537. The fraction of sp³-hybridized carbons (Fsp3) is 0.444. The van der Waals surface area contributed by atoms with Gasteiger partial charge in [0.1, 0.15) is 11.9 Å². The molecule has 0 radical (unpaired) electrons. The molecule has 0 N–H and O–H groups in total. The van der Waals surface area contributed by atoms with E-state index in [4.69, 9.17) is 40.0 Å². The number of esters is 3. The Morgan fingerprint density at radius 3 is 2.03 bits per heavy atom. The molecule has 0 saturated carbocycles. The number of benzene rings is 2. The van der Waals surface area contributed by atoms with E-state index in [1.54, 1.807) is 12.1 Å². The van der Waals surface area contributed by atoms with Gasteiger partial charge in [-0.25, -0.2) is 0 Å². The van der Waals surface area contributed by atoms with Crippen molar-refractivity contribution < 1.29 is 42.8 Å². The highest BCUT2D eigenvalue weighted by Gasteiger charge is 2.52. The minimum absolute atomic E-state index is 0.515. The van der Waals surface area contributed by atoms with Crippen LogP contribution in [0.25, 0.3) is 0 Å². The molecule has 9 nitrogen and oxygen atoms in total. The number of ether oxygens (including phenoxy) is 6. The Bertz CT molecular complexity index is 1100.